The van der Waals surface area contributed by atoms with Gasteiger partial charge in [-0.25, -0.2) is 4.99 Å². The Kier molecular flexibility index (Phi) is 5.17. The lowest BCUT2D eigenvalue weighted by molar-refractivity contribution is -0.115. The van der Waals surface area contributed by atoms with Gasteiger partial charge in [0, 0.05) is 5.56 Å². The van der Waals surface area contributed by atoms with Crippen LogP contribution >= 0.6 is 11.8 Å². The highest BCUT2D eigenvalue weighted by Crippen LogP contribution is 2.34. The average molecular weight is 388 g/mol. The number of carbonyl (C=O) groups excluding carboxylic acids is 1. The fourth-order valence-corrected chi connectivity index (χ4v) is 3.96. The Labute approximate surface area is 168 Å². The number of amides is 1. The Balaban J connectivity index is 1.68. The lowest BCUT2D eigenvalue weighted by Crippen LogP contribution is -2.19. The number of hydrogen-bond donors (Lipinski definition) is 1. The third-order valence-electron chi connectivity index (χ3n) is 4.65. The molecular weight excluding hydrogens is 368 g/mol. The quantitative estimate of drug-likeness (QED) is 0.617. The van der Waals surface area contributed by atoms with Gasteiger partial charge in [-0.1, -0.05) is 49.4 Å². The molecule has 3 aromatic rings. The molecule has 0 bridgehead atoms. The van der Waals surface area contributed by atoms with Gasteiger partial charge in [0.1, 0.15) is 5.75 Å². The van der Waals surface area contributed by atoms with Crippen molar-refractivity contribution in [1.29, 1.82) is 0 Å². The van der Waals surface area contributed by atoms with Crippen LogP contribution in [0.5, 0.6) is 5.75 Å². The van der Waals surface area contributed by atoms with Gasteiger partial charge >= 0.3 is 0 Å². The molecule has 4 nitrogen and oxygen atoms in total. The Hall–Kier alpha value is -3.05. The Morgan fingerprint density at radius 2 is 1.86 bits per heavy atom. The summed E-state index contributed by atoms with van der Waals surface area (Å²) in [6, 6.07) is 20.0. The van der Waals surface area contributed by atoms with Gasteiger partial charge in [0.2, 0.25) is 0 Å². The molecule has 1 aliphatic heterocycles. The topological polar surface area (TPSA) is 50.7 Å². The summed E-state index contributed by atoms with van der Waals surface area (Å²) < 4.78 is 5.53. The van der Waals surface area contributed by atoms with E-state index in [2.05, 4.69) is 29.4 Å². The summed E-state index contributed by atoms with van der Waals surface area (Å²) in [4.78, 5) is 17.6. The van der Waals surface area contributed by atoms with Gasteiger partial charge in [-0.15, -0.1) is 0 Å². The van der Waals surface area contributed by atoms with Crippen molar-refractivity contribution in [2.75, 3.05) is 7.11 Å². The van der Waals surface area contributed by atoms with Crippen molar-refractivity contribution in [3.8, 4) is 5.75 Å². The summed E-state index contributed by atoms with van der Waals surface area (Å²) in [5.41, 5.74) is 2.98. The van der Waals surface area contributed by atoms with E-state index < -0.39 is 0 Å². The van der Waals surface area contributed by atoms with Crippen LogP contribution in [0.1, 0.15) is 18.1 Å². The molecule has 0 spiro atoms. The van der Waals surface area contributed by atoms with Gasteiger partial charge in [0.25, 0.3) is 5.91 Å². The maximum atomic E-state index is 12.5. The Bertz CT molecular complexity index is 1100. The number of ether oxygens (including phenoxy) is 1. The number of benzene rings is 3. The summed E-state index contributed by atoms with van der Waals surface area (Å²) in [6.07, 6.45) is 2.87. The van der Waals surface area contributed by atoms with Gasteiger partial charge in [0.05, 0.1) is 17.7 Å². The second-order valence-corrected chi connectivity index (χ2v) is 7.44. The Morgan fingerprint density at radius 3 is 2.61 bits per heavy atom. The molecule has 0 saturated carbocycles. The van der Waals surface area contributed by atoms with Gasteiger partial charge in [-0.3, -0.25) is 4.79 Å². The number of rotatable bonds is 4. The van der Waals surface area contributed by atoms with Crippen molar-refractivity contribution >= 4 is 45.4 Å². The highest BCUT2D eigenvalue weighted by Gasteiger charge is 2.24. The minimum absolute atomic E-state index is 0.149. The Morgan fingerprint density at radius 1 is 1.07 bits per heavy atom. The molecule has 5 heteroatoms. The number of methoxy groups -OCH3 is 1. The molecule has 140 valence electrons. The van der Waals surface area contributed by atoms with Gasteiger partial charge in [0.15, 0.2) is 5.17 Å². The van der Waals surface area contributed by atoms with Crippen LogP contribution < -0.4 is 10.1 Å². The van der Waals surface area contributed by atoms with Crippen molar-refractivity contribution < 1.29 is 9.53 Å². The number of thioether (sulfide) groups is 1. The highest BCUT2D eigenvalue weighted by molar-refractivity contribution is 8.18. The van der Waals surface area contributed by atoms with Crippen molar-refractivity contribution in [2.45, 2.75) is 13.3 Å². The summed E-state index contributed by atoms with van der Waals surface area (Å²) in [6.45, 7) is 2.12. The van der Waals surface area contributed by atoms with Gasteiger partial charge in [-0.2, -0.15) is 0 Å². The first-order chi connectivity index (χ1) is 13.7. The lowest BCUT2D eigenvalue weighted by atomic mass is 10.0. The normalized spacial score (nSPS) is 16.7. The first kappa shape index (κ1) is 18.3. The van der Waals surface area contributed by atoms with E-state index in [0.717, 1.165) is 34.2 Å². The van der Waals surface area contributed by atoms with E-state index >= 15 is 0 Å². The van der Waals surface area contributed by atoms with E-state index in [0.29, 0.717) is 10.1 Å². The summed E-state index contributed by atoms with van der Waals surface area (Å²) in [5.74, 6) is 0.587. The number of nitrogens with zero attached hydrogens (tertiary/aromatic N) is 1. The van der Waals surface area contributed by atoms with Gasteiger partial charge in [-0.05, 0) is 58.8 Å². The van der Waals surface area contributed by atoms with Crippen LogP contribution in [-0.4, -0.2) is 18.2 Å². The van der Waals surface area contributed by atoms with Gasteiger partial charge < -0.3 is 10.1 Å². The minimum Gasteiger partial charge on any atom is -0.496 e. The van der Waals surface area contributed by atoms with E-state index in [-0.39, 0.29) is 5.91 Å². The second-order valence-electron chi connectivity index (χ2n) is 6.40. The first-order valence-corrected chi connectivity index (χ1v) is 9.94. The van der Waals surface area contributed by atoms with Crippen LogP contribution in [0.2, 0.25) is 0 Å². The van der Waals surface area contributed by atoms with Crippen molar-refractivity contribution in [1.82, 2.24) is 5.32 Å². The molecule has 0 atom stereocenters. The molecule has 1 heterocycles. The summed E-state index contributed by atoms with van der Waals surface area (Å²) in [7, 11) is 1.64. The van der Waals surface area contributed by atoms with E-state index in [4.69, 9.17) is 4.74 Å². The number of hydrogen-bond acceptors (Lipinski definition) is 4. The number of fused-ring (bicyclic) bond motifs is 1. The molecule has 1 amide bonds. The SMILES string of the molecule is CCc1ccc(N=C2NC(=O)/C(=C\c3c(OC)ccc4ccccc34)S2)cc1. The van der Waals surface area contributed by atoms with E-state index in [1.54, 1.807) is 7.11 Å². The third-order valence-corrected chi connectivity index (χ3v) is 5.56. The molecule has 0 radical (unpaired) electrons. The number of carbonyl (C=O) groups is 1. The summed E-state index contributed by atoms with van der Waals surface area (Å²) >= 11 is 1.34. The molecule has 1 fully saturated rings. The zero-order chi connectivity index (χ0) is 19.5. The van der Waals surface area contributed by atoms with Crippen molar-refractivity contribution in [3.63, 3.8) is 0 Å². The van der Waals surface area contributed by atoms with Crippen LogP contribution in [0.3, 0.4) is 0 Å². The molecule has 0 unspecified atom stereocenters. The van der Waals surface area contributed by atoms with E-state index in [9.17, 15) is 4.79 Å². The lowest BCUT2D eigenvalue weighted by Gasteiger charge is -2.09. The monoisotopic (exact) mass is 388 g/mol. The molecule has 0 aliphatic carbocycles. The standard InChI is InChI=1S/C23H20N2O2S/c1-3-15-8-11-17(12-9-15)24-23-25-22(26)21(28-23)14-19-18-7-5-4-6-16(18)10-13-20(19)27-2/h4-14H,3H2,1-2H3,(H,24,25,26)/b21-14+. The molecule has 28 heavy (non-hydrogen) atoms. The van der Waals surface area contributed by atoms with E-state index in [1.165, 1.54) is 17.3 Å². The smallest absolute Gasteiger partial charge is 0.264 e. The number of nitrogens with one attached hydrogen (secondary N) is 1. The highest BCUT2D eigenvalue weighted by atomic mass is 32.2. The van der Waals surface area contributed by atoms with Crippen LogP contribution in [0.25, 0.3) is 16.8 Å². The van der Waals surface area contributed by atoms with Crippen molar-refractivity contribution in [3.05, 3.63) is 76.7 Å². The molecule has 1 saturated heterocycles. The second kappa shape index (κ2) is 7.90. The van der Waals surface area contributed by atoms with Crippen LogP contribution in [-0.2, 0) is 11.2 Å². The van der Waals surface area contributed by atoms with Crippen LogP contribution in [0, 0.1) is 0 Å². The predicted molar refractivity (Wildman–Crippen MR) is 117 cm³/mol. The molecule has 0 aromatic heterocycles. The molecular formula is C23H20N2O2S. The minimum atomic E-state index is -0.149. The fraction of sp³-hybridized carbons (Fsp3) is 0.130. The third kappa shape index (κ3) is 3.66. The van der Waals surface area contributed by atoms with E-state index in [1.807, 2.05) is 54.6 Å². The zero-order valence-corrected chi connectivity index (χ0v) is 16.5. The largest absolute Gasteiger partial charge is 0.496 e. The predicted octanol–water partition coefficient (Wildman–Crippen LogP) is 5.30. The van der Waals surface area contributed by atoms with Crippen LogP contribution in [0.15, 0.2) is 70.6 Å². The van der Waals surface area contributed by atoms with Crippen molar-refractivity contribution in [2.24, 2.45) is 4.99 Å². The molecule has 3 aromatic carbocycles. The number of amidine groups is 1. The summed E-state index contributed by atoms with van der Waals surface area (Å²) in [5, 5.41) is 5.58. The maximum absolute atomic E-state index is 12.5. The van der Waals surface area contributed by atoms with Crippen LogP contribution in [0.4, 0.5) is 5.69 Å². The fourth-order valence-electron chi connectivity index (χ4n) is 3.14. The molecule has 1 N–H and O–H groups in total. The average Bonchev–Trinajstić information content (AvgIpc) is 3.07. The molecule has 4 rings (SSSR count). The number of aliphatic imine (C=N–C) groups is 1. The molecule has 1 aliphatic rings. The number of aryl methyl sites for hydroxylation is 1. The maximum Gasteiger partial charge on any atom is 0.264 e. The first-order valence-electron chi connectivity index (χ1n) is 9.12. The zero-order valence-electron chi connectivity index (χ0n) is 15.7.